The van der Waals surface area contributed by atoms with E-state index >= 15 is 0 Å². The summed E-state index contributed by atoms with van der Waals surface area (Å²) in [5.74, 6) is -0.456. The third-order valence-electron chi connectivity index (χ3n) is 3.30. The van der Waals surface area contributed by atoms with Crippen LogP contribution in [0.4, 0.5) is 5.69 Å². The molecule has 8 heteroatoms. The van der Waals surface area contributed by atoms with Gasteiger partial charge in [-0.05, 0) is 30.3 Å². The molecule has 3 aromatic rings. The maximum absolute atomic E-state index is 12.3. The first kappa shape index (κ1) is 15.6. The number of carbonyl (C=O) groups excluding carboxylic acids is 1. The second-order valence-electron chi connectivity index (χ2n) is 4.92. The van der Waals surface area contributed by atoms with Crippen molar-refractivity contribution in [2.75, 3.05) is 5.32 Å². The molecule has 0 spiro atoms. The Hall–Kier alpha value is -3.24. The summed E-state index contributed by atoms with van der Waals surface area (Å²) in [4.78, 5) is 24.4. The van der Waals surface area contributed by atoms with E-state index in [-0.39, 0.29) is 11.6 Å². The highest BCUT2D eigenvalue weighted by Crippen LogP contribution is 2.20. The minimum Gasteiger partial charge on any atom is -0.324 e. The van der Waals surface area contributed by atoms with E-state index in [9.17, 15) is 9.59 Å². The number of hydrogen-bond acceptors (Lipinski definition) is 5. The predicted octanol–water partition coefficient (Wildman–Crippen LogP) is 1.96. The number of anilines is 1. The number of rotatable bonds is 3. The Morgan fingerprint density at radius 1 is 1.29 bits per heavy atom. The van der Waals surface area contributed by atoms with Gasteiger partial charge in [0.05, 0.1) is 16.0 Å². The fraction of sp³-hybridized carbons (Fsp3) is 0.0625. The lowest BCUT2D eigenvalue weighted by Crippen LogP contribution is -2.30. The molecule has 0 bridgehead atoms. The van der Waals surface area contributed by atoms with Crippen molar-refractivity contribution in [1.29, 1.82) is 5.26 Å². The van der Waals surface area contributed by atoms with Crippen LogP contribution in [0.2, 0.25) is 5.02 Å². The number of benzene rings is 2. The standard InChI is InChI=1S/C16H10ClN5O2/c17-13-7-11(6-5-10(13)8-18)19-15(23)9-22-16(24)12-3-1-2-4-14(12)20-21-22/h1-7H,9H2,(H,19,23). The van der Waals surface area contributed by atoms with Crippen LogP contribution in [0.1, 0.15) is 5.56 Å². The smallest absolute Gasteiger partial charge is 0.278 e. The minimum absolute atomic E-state index is 0.234. The normalized spacial score (nSPS) is 10.3. The Morgan fingerprint density at radius 3 is 2.83 bits per heavy atom. The third-order valence-corrected chi connectivity index (χ3v) is 3.61. The molecule has 0 aliphatic heterocycles. The second-order valence-corrected chi connectivity index (χ2v) is 5.33. The molecule has 0 unspecified atom stereocenters. The number of aromatic nitrogens is 3. The average molecular weight is 340 g/mol. The van der Waals surface area contributed by atoms with Crippen molar-refractivity contribution in [1.82, 2.24) is 15.0 Å². The zero-order chi connectivity index (χ0) is 17.1. The molecule has 0 saturated heterocycles. The second kappa shape index (κ2) is 6.48. The van der Waals surface area contributed by atoms with Crippen molar-refractivity contribution in [3.63, 3.8) is 0 Å². The van der Waals surface area contributed by atoms with Crippen LogP contribution in [-0.2, 0) is 11.3 Å². The van der Waals surface area contributed by atoms with E-state index in [0.717, 1.165) is 4.68 Å². The van der Waals surface area contributed by atoms with Crippen molar-refractivity contribution in [3.05, 3.63) is 63.4 Å². The summed E-state index contributed by atoms with van der Waals surface area (Å²) in [6.45, 7) is -0.283. The van der Waals surface area contributed by atoms with Gasteiger partial charge in [0.1, 0.15) is 18.1 Å². The molecule has 0 fully saturated rings. The Morgan fingerprint density at radius 2 is 2.08 bits per heavy atom. The monoisotopic (exact) mass is 339 g/mol. The van der Waals surface area contributed by atoms with Crippen LogP contribution in [0.25, 0.3) is 10.9 Å². The summed E-state index contributed by atoms with van der Waals surface area (Å²) < 4.78 is 0.989. The highest BCUT2D eigenvalue weighted by molar-refractivity contribution is 6.32. The van der Waals surface area contributed by atoms with Crippen molar-refractivity contribution >= 4 is 34.1 Å². The van der Waals surface area contributed by atoms with Crippen LogP contribution in [0.3, 0.4) is 0 Å². The van der Waals surface area contributed by atoms with Crippen molar-refractivity contribution < 1.29 is 4.79 Å². The van der Waals surface area contributed by atoms with Gasteiger partial charge in [-0.1, -0.05) is 28.9 Å². The quantitative estimate of drug-likeness (QED) is 0.786. The molecule has 0 aliphatic carbocycles. The van der Waals surface area contributed by atoms with Gasteiger partial charge in [0.2, 0.25) is 5.91 Å². The number of hydrogen-bond donors (Lipinski definition) is 1. The van der Waals surface area contributed by atoms with Gasteiger partial charge in [0.15, 0.2) is 0 Å². The first-order valence-electron chi connectivity index (χ1n) is 6.90. The zero-order valence-corrected chi connectivity index (χ0v) is 13.0. The number of nitrogens with zero attached hydrogens (tertiary/aromatic N) is 4. The van der Waals surface area contributed by atoms with Crippen LogP contribution in [-0.4, -0.2) is 20.9 Å². The summed E-state index contributed by atoms with van der Waals surface area (Å²) in [7, 11) is 0. The molecule has 1 N–H and O–H groups in total. The fourth-order valence-corrected chi connectivity index (χ4v) is 2.37. The zero-order valence-electron chi connectivity index (χ0n) is 12.2. The van der Waals surface area contributed by atoms with Gasteiger partial charge in [-0.2, -0.15) is 5.26 Å². The van der Waals surface area contributed by atoms with E-state index in [4.69, 9.17) is 16.9 Å². The van der Waals surface area contributed by atoms with Gasteiger partial charge < -0.3 is 5.32 Å². The van der Waals surface area contributed by atoms with E-state index in [1.807, 2.05) is 6.07 Å². The lowest BCUT2D eigenvalue weighted by molar-refractivity contribution is -0.117. The molecule has 24 heavy (non-hydrogen) atoms. The Bertz CT molecular complexity index is 1040. The Balaban J connectivity index is 1.80. The fourth-order valence-electron chi connectivity index (χ4n) is 2.15. The first-order chi connectivity index (χ1) is 11.6. The minimum atomic E-state index is -0.456. The van der Waals surface area contributed by atoms with Crippen LogP contribution < -0.4 is 10.9 Å². The lowest BCUT2D eigenvalue weighted by Gasteiger charge is -2.07. The summed E-state index contributed by atoms with van der Waals surface area (Å²) in [5.41, 5.74) is 0.809. The van der Waals surface area contributed by atoms with E-state index in [1.54, 1.807) is 30.3 Å². The van der Waals surface area contributed by atoms with Crippen molar-refractivity contribution in [3.8, 4) is 6.07 Å². The summed E-state index contributed by atoms with van der Waals surface area (Å²) >= 11 is 5.91. The maximum atomic E-state index is 12.3. The number of halogens is 1. The van der Waals surface area contributed by atoms with Crippen molar-refractivity contribution in [2.24, 2.45) is 0 Å². The van der Waals surface area contributed by atoms with E-state index < -0.39 is 11.5 Å². The van der Waals surface area contributed by atoms with Gasteiger partial charge in [0, 0.05) is 5.69 Å². The van der Waals surface area contributed by atoms with Crippen LogP contribution in [0, 0.1) is 11.3 Å². The SMILES string of the molecule is N#Cc1ccc(NC(=O)Cn2nnc3ccccc3c2=O)cc1Cl. The molecule has 0 radical (unpaired) electrons. The molecular formula is C16H10ClN5O2. The first-order valence-corrected chi connectivity index (χ1v) is 7.28. The third kappa shape index (κ3) is 3.09. The molecule has 2 aromatic carbocycles. The molecule has 0 atom stereocenters. The number of nitriles is 1. The average Bonchev–Trinajstić information content (AvgIpc) is 2.58. The molecule has 1 amide bonds. The van der Waals surface area contributed by atoms with Gasteiger partial charge in [-0.25, -0.2) is 4.68 Å². The molecular weight excluding hydrogens is 330 g/mol. The summed E-state index contributed by atoms with van der Waals surface area (Å²) in [6.07, 6.45) is 0. The number of nitrogens with one attached hydrogen (secondary N) is 1. The highest BCUT2D eigenvalue weighted by atomic mass is 35.5. The summed E-state index contributed by atoms with van der Waals surface area (Å²) in [6, 6.07) is 13.2. The van der Waals surface area contributed by atoms with E-state index in [1.165, 1.54) is 12.1 Å². The molecule has 1 heterocycles. The Labute approximate surface area is 141 Å². The summed E-state index contributed by atoms with van der Waals surface area (Å²) in [5, 5.41) is 19.7. The molecule has 0 aliphatic rings. The molecule has 1 aromatic heterocycles. The predicted molar refractivity (Wildman–Crippen MR) is 88.6 cm³/mol. The molecule has 118 valence electrons. The maximum Gasteiger partial charge on any atom is 0.278 e. The van der Waals surface area contributed by atoms with E-state index in [0.29, 0.717) is 22.2 Å². The number of carbonyl (C=O) groups is 1. The van der Waals surface area contributed by atoms with E-state index in [2.05, 4.69) is 15.6 Å². The van der Waals surface area contributed by atoms with Crippen LogP contribution >= 0.6 is 11.6 Å². The molecule has 7 nitrogen and oxygen atoms in total. The van der Waals surface area contributed by atoms with Gasteiger partial charge in [-0.3, -0.25) is 9.59 Å². The van der Waals surface area contributed by atoms with Crippen LogP contribution in [0.5, 0.6) is 0 Å². The molecule has 3 rings (SSSR count). The topological polar surface area (TPSA) is 101 Å². The lowest BCUT2D eigenvalue weighted by atomic mass is 10.2. The van der Waals surface area contributed by atoms with Gasteiger partial charge in [-0.15, -0.1) is 5.10 Å². The van der Waals surface area contributed by atoms with Gasteiger partial charge in [0.25, 0.3) is 5.56 Å². The largest absolute Gasteiger partial charge is 0.324 e. The Kier molecular flexibility index (Phi) is 4.22. The van der Waals surface area contributed by atoms with Crippen LogP contribution in [0.15, 0.2) is 47.3 Å². The molecule has 0 saturated carbocycles. The highest BCUT2D eigenvalue weighted by Gasteiger charge is 2.10. The number of fused-ring (bicyclic) bond motifs is 1. The van der Waals surface area contributed by atoms with Crippen molar-refractivity contribution in [2.45, 2.75) is 6.54 Å². The van der Waals surface area contributed by atoms with Gasteiger partial charge >= 0.3 is 0 Å². The number of amides is 1.